The van der Waals surface area contributed by atoms with E-state index < -0.39 is 10.0 Å². The van der Waals surface area contributed by atoms with Crippen LogP contribution in [0.1, 0.15) is 5.56 Å². The van der Waals surface area contributed by atoms with Gasteiger partial charge in [0.05, 0.1) is 4.21 Å². The molecule has 18 heavy (non-hydrogen) atoms. The predicted molar refractivity (Wildman–Crippen MR) is 71.7 cm³/mol. The second kappa shape index (κ2) is 5.40. The van der Waals surface area contributed by atoms with Gasteiger partial charge in [0.25, 0.3) is 0 Å². The van der Waals surface area contributed by atoms with Gasteiger partial charge in [-0.05, 0) is 29.8 Å². The molecule has 0 bridgehead atoms. The lowest BCUT2D eigenvalue weighted by Crippen LogP contribution is -2.09. The first-order valence-electron chi connectivity index (χ1n) is 4.95. The van der Waals surface area contributed by atoms with Crippen molar-refractivity contribution in [2.45, 2.75) is 14.2 Å². The van der Waals surface area contributed by atoms with E-state index in [9.17, 15) is 12.8 Å². The Labute approximate surface area is 113 Å². The standard InChI is InChI=1S/C11H10FNO2S3/c12-9-3-1-8(2-4-9)7-16-10-5-6-11(17-10)18(13,14)15/h1-6H,7H2,(H2,13,14,15). The van der Waals surface area contributed by atoms with Crippen LogP contribution in [0.5, 0.6) is 0 Å². The van der Waals surface area contributed by atoms with Crippen LogP contribution in [0.3, 0.4) is 0 Å². The van der Waals surface area contributed by atoms with Gasteiger partial charge in [-0.15, -0.1) is 23.1 Å². The van der Waals surface area contributed by atoms with E-state index >= 15 is 0 Å². The Morgan fingerprint density at radius 3 is 2.39 bits per heavy atom. The van der Waals surface area contributed by atoms with E-state index in [2.05, 4.69) is 0 Å². The summed E-state index contributed by atoms with van der Waals surface area (Å²) in [5.74, 6) is 0.390. The first kappa shape index (κ1) is 13.5. The summed E-state index contributed by atoms with van der Waals surface area (Å²) in [6, 6.07) is 9.43. The van der Waals surface area contributed by atoms with Crippen molar-refractivity contribution < 1.29 is 12.8 Å². The Morgan fingerprint density at radius 2 is 1.83 bits per heavy atom. The Kier molecular flexibility index (Phi) is 4.06. The lowest BCUT2D eigenvalue weighted by molar-refractivity contribution is 0.600. The fourth-order valence-electron chi connectivity index (χ4n) is 1.27. The number of primary sulfonamides is 1. The molecular formula is C11H10FNO2S3. The molecule has 0 fully saturated rings. The summed E-state index contributed by atoms with van der Waals surface area (Å²) >= 11 is 2.63. The first-order valence-corrected chi connectivity index (χ1v) is 8.30. The summed E-state index contributed by atoms with van der Waals surface area (Å²) in [6.45, 7) is 0. The van der Waals surface area contributed by atoms with Gasteiger partial charge < -0.3 is 0 Å². The van der Waals surface area contributed by atoms with Crippen LogP contribution in [0.15, 0.2) is 44.8 Å². The lowest BCUT2D eigenvalue weighted by Gasteiger charge is -1.99. The maximum atomic E-state index is 12.7. The van der Waals surface area contributed by atoms with Crippen molar-refractivity contribution in [3.05, 3.63) is 47.8 Å². The molecule has 0 aliphatic heterocycles. The lowest BCUT2D eigenvalue weighted by atomic mass is 10.2. The van der Waals surface area contributed by atoms with Crippen molar-refractivity contribution in [3.8, 4) is 0 Å². The summed E-state index contributed by atoms with van der Waals surface area (Å²) in [5.41, 5.74) is 0.979. The molecule has 0 atom stereocenters. The summed E-state index contributed by atoms with van der Waals surface area (Å²) < 4.78 is 35.9. The molecule has 0 aliphatic carbocycles. The van der Waals surface area contributed by atoms with Crippen LogP contribution < -0.4 is 5.14 Å². The van der Waals surface area contributed by atoms with Crippen molar-refractivity contribution in [3.63, 3.8) is 0 Å². The summed E-state index contributed by atoms with van der Waals surface area (Å²) in [6.07, 6.45) is 0. The van der Waals surface area contributed by atoms with Crippen LogP contribution in [0.4, 0.5) is 4.39 Å². The minimum atomic E-state index is -3.61. The van der Waals surface area contributed by atoms with E-state index in [-0.39, 0.29) is 10.0 Å². The van der Waals surface area contributed by atoms with Gasteiger partial charge in [0.15, 0.2) is 0 Å². The van der Waals surface area contributed by atoms with Crippen LogP contribution >= 0.6 is 23.1 Å². The second-order valence-corrected chi connectivity index (χ2v) is 7.68. The summed E-state index contributed by atoms with van der Waals surface area (Å²) in [5, 5.41) is 5.03. The third-order valence-electron chi connectivity index (χ3n) is 2.13. The number of benzene rings is 1. The fourth-order valence-corrected chi connectivity index (χ4v) is 4.24. The van der Waals surface area contributed by atoms with Crippen molar-refractivity contribution in [2.24, 2.45) is 5.14 Å². The highest BCUT2D eigenvalue weighted by Crippen LogP contribution is 2.31. The molecule has 0 unspecified atom stereocenters. The van der Waals surface area contributed by atoms with Crippen LogP contribution in [-0.2, 0) is 15.8 Å². The Bertz CT molecular complexity index is 635. The zero-order valence-electron chi connectivity index (χ0n) is 9.17. The number of hydrogen-bond acceptors (Lipinski definition) is 4. The highest BCUT2D eigenvalue weighted by molar-refractivity contribution is 8.00. The van der Waals surface area contributed by atoms with Crippen LogP contribution in [-0.4, -0.2) is 8.42 Å². The zero-order valence-corrected chi connectivity index (χ0v) is 11.6. The van der Waals surface area contributed by atoms with E-state index in [0.717, 1.165) is 21.1 Å². The molecule has 1 aromatic heterocycles. The topological polar surface area (TPSA) is 60.2 Å². The molecule has 2 N–H and O–H groups in total. The van der Waals surface area contributed by atoms with Crippen molar-refractivity contribution >= 4 is 33.1 Å². The molecule has 2 rings (SSSR count). The minimum absolute atomic E-state index is 0.157. The Morgan fingerprint density at radius 1 is 1.17 bits per heavy atom. The smallest absolute Gasteiger partial charge is 0.224 e. The molecule has 96 valence electrons. The molecule has 0 radical (unpaired) electrons. The molecule has 2 aromatic rings. The average Bonchev–Trinajstić information content (AvgIpc) is 2.77. The largest absolute Gasteiger partial charge is 0.247 e. The van der Waals surface area contributed by atoms with Crippen molar-refractivity contribution in [1.82, 2.24) is 0 Å². The van der Waals surface area contributed by atoms with Gasteiger partial charge in [-0.1, -0.05) is 12.1 Å². The zero-order chi connectivity index (χ0) is 13.2. The number of thioether (sulfide) groups is 1. The maximum Gasteiger partial charge on any atom is 0.247 e. The van der Waals surface area contributed by atoms with Gasteiger partial charge in [-0.2, -0.15) is 0 Å². The number of rotatable bonds is 4. The van der Waals surface area contributed by atoms with Crippen LogP contribution in [0, 0.1) is 5.82 Å². The maximum absolute atomic E-state index is 12.7. The first-order chi connectivity index (χ1) is 8.45. The van der Waals surface area contributed by atoms with E-state index in [1.165, 1.54) is 30.0 Å². The molecule has 1 aromatic carbocycles. The SMILES string of the molecule is NS(=O)(=O)c1ccc(SCc2ccc(F)cc2)s1. The van der Waals surface area contributed by atoms with E-state index in [0.29, 0.717) is 5.75 Å². The van der Waals surface area contributed by atoms with Gasteiger partial charge in [-0.25, -0.2) is 17.9 Å². The number of halogens is 1. The predicted octanol–water partition coefficient (Wildman–Crippen LogP) is 2.83. The highest BCUT2D eigenvalue weighted by atomic mass is 32.3. The Hall–Kier alpha value is -0.890. The number of nitrogens with two attached hydrogens (primary N) is 1. The average molecular weight is 303 g/mol. The van der Waals surface area contributed by atoms with Gasteiger partial charge in [0, 0.05) is 5.75 Å². The minimum Gasteiger partial charge on any atom is -0.224 e. The van der Waals surface area contributed by atoms with E-state index in [1.54, 1.807) is 18.2 Å². The third-order valence-corrected chi connectivity index (χ3v) is 5.95. The highest BCUT2D eigenvalue weighted by Gasteiger charge is 2.11. The molecule has 0 aliphatic rings. The number of thiophene rings is 1. The molecule has 1 heterocycles. The number of sulfonamides is 1. The molecule has 0 amide bonds. The fraction of sp³-hybridized carbons (Fsp3) is 0.0909. The Balaban J connectivity index is 2.03. The third kappa shape index (κ3) is 3.55. The quantitative estimate of drug-likeness (QED) is 0.884. The normalized spacial score (nSPS) is 11.7. The van der Waals surface area contributed by atoms with Gasteiger partial charge in [-0.3, -0.25) is 0 Å². The van der Waals surface area contributed by atoms with Crippen LogP contribution in [0.2, 0.25) is 0 Å². The molecule has 7 heteroatoms. The molecule has 3 nitrogen and oxygen atoms in total. The number of hydrogen-bond donors (Lipinski definition) is 1. The molecular weight excluding hydrogens is 293 g/mol. The van der Waals surface area contributed by atoms with Gasteiger partial charge in [0.2, 0.25) is 10.0 Å². The summed E-state index contributed by atoms with van der Waals surface area (Å²) in [4.78, 5) is 0. The monoisotopic (exact) mass is 303 g/mol. The van der Waals surface area contributed by atoms with Crippen molar-refractivity contribution in [1.29, 1.82) is 0 Å². The van der Waals surface area contributed by atoms with Gasteiger partial charge in [0.1, 0.15) is 10.0 Å². The van der Waals surface area contributed by atoms with Gasteiger partial charge >= 0.3 is 0 Å². The molecule has 0 saturated carbocycles. The summed E-state index contributed by atoms with van der Waals surface area (Å²) in [7, 11) is -3.61. The van der Waals surface area contributed by atoms with Crippen molar-refractivity contribution in [2.75, 3.05) is 0 Å². The van der Waals surface area contributed by atoms with Crippen LogP contribution in [0.25, 0.3) is 0 Å². The molecule has 0 saturated heterocycles. The second-order valence-electron chi connectivity index (χ2n) is 3.53. The molecule has 0 spiro atoms. The van der Waals surface area contributed by atoms with E-state index in [4.69, 9.17) is 5.14 Å². The van der Waals surface area contributed by atoms with E-state index in [1.807, 2.05) is 0 Å².